The van der Waals surface area contributed by atoms with Gasteiger partial charge in [0.25, 0.3) is 0 Å². The van der Waals surface area contributed by atoms with Gasteiger partial charge in [0.2, 0.25) is 0 Å². The number of imidazole rings is 1. The smallest absolute Gasteiger partial charge is 0.127 e. The third-order valence-corrected chi connectivity index (χ3v) is 4.47. The minimum atomic E-state index is 0.0695. The van der Waals surface area contributed by atoms with Gasteiger partial charge in [-0.3, -0.25) is 0 Å². The zero-order chi connectivity index (χ0) is 10.6. The number of aryl methyl sites for hydroxylation is 1. The summed E-state index contributed by atoms with van der Waals surface area (Å²) in [6, 6.07) is 0.486. The highest BCUT2D eigenvalue weighted by Crippen LogP contribution is 2.48. The molecule has 1 atom stereocenters. The Labute approximate surface area is 98.2 Å². The molecule has 0 spiro atoms. The molecule has 15 heavy (non-hydrogen) atoms. The van der Waals surface area contributed by atoms with Crippen LogP contribution >= 0.6 is 15.9 Å². The first kappa shape index (κ1) is 9.85. The number of rotatable bonds is 1. The van der Waals surface area contributed by atoms with Gasteiger partial charge in [-0.05, 0) is 55.0 Å². The highest BCUT2D eigenvalue weighted by Gasteiger charge is 2.48. The highest BCUT2D eigenvalue weighted by molar-refractivity contribution is 9.10. The van der Waals surface area contributed by atoms with E-state index in [2.05, 4.69) is 32.4 Å². The van der Waals surface area contributed by atoms with Crippen LogP contribution in [0.15, 0.2) is 4.60 Å². The normalized spacial score (nSPS) is 27.5. The summed E-state index contributed by atoms with van der Waals surface area (Å²) in [6.45, 7) is 2.08. The molecule has 2 aliphatic rings. The molecule has 1 aliphatic carbocycles. The molecule has 1 aromatic heterocycles. The Morgan fingerprint density at radius 1 is 1.53 bits per heavy atom. The lowest BCUT2D eigenvalue weighted by atomic mass is 9.95. The summed E-state index contributed by atoms with van der Waals surface area (Å²) < 4.78 is 3.40. The first-order chi connectivity index (χ1) is 7.12. The fraction of sp³-hybridized carbons (Fsp3) is 0.727. The molecule has 2 N–H and O–H groups in total. The minimum absolute atomic E-state index is 0.0695. The van der Waals surface area contributed by atoms with Crippen LogP contribution in [0, 0.1) is 6.92 Å². The van der Waals surface area contributed by atoms with Crippen molar-refractivity contribution in [3.63, 3.8) is 0 Å². The summed E-state index contributed by atoms with van der Waals surface area (Å²) in [5, 5.41) is 0. The summed E-state index contributed by atoms with van der Waals surface area (Å²) in [5.74, 6) is 1.11. The van der Waals surface area contributed by atoms with Gasteiger partial charge in [0.1, 0.15) is 10.4 Å². The maximum atomic E-state index is 6.35. The topological polar surface area (TPSA) is 43.8 Å². The fourth-order valence-corrected chi connectivity index (χ4v) is 3.45. The second-order valence-corrected chi connectivity index (χ2v) is 5.66. The first-order valence-corrected chi connectivity index (χ1v) is 6.43. The third kappa shape index (κ3) is 1.38. The van der Waals surface area contributed by atoms with Crippen molar-refractivity contribution in [2.75, 3.05) is 0 Å². The van der Waals surface area contributed by atoms with Gasteiger partial charge < -0.3 is 10.3 Å². The second kappa shape index (κ2) is 3.08. The molecule has 82 valence electrons. The van der Waals surface area contributed by atoms with Crippen LogP contribution < -0.4 is 5.73 Å². The standard InChI is InChI=1S/C11H16BrN3/c1-7-14-10(12)8-3-2-4-9(15(7)8)11(13)5-6-11/h9H,2-6,13H2,1H3. The number of aromatic nitrogens is 2. The number of hydrogen-bond acceptors (Lipinski definition) is 2. The van der Waals surface area contributed by atoms with Gasteiger partial charge in [0.15, 0.2) is 0 Å². The quantitative estimate of drug-likeness (QED) is 0.851. The predicted molar refractivity (Wildman–Crippen MR) is 62.8 cm³/mol. The Balaban J connectivity index is 2.09. The Kier molecular flexibility index (Phi) is 2.02. The molecule has 1 saturated carbocycles. The summed E-state index contributed by atoms with van der Waals surface area (Å²) >= 11 is 3.54. The Morgan fingerprint density at radius 2 is 2.27 bits per heavy atom. The van der Waals surface area contributed by atoms with Crippen molar-refractivity contribution in [1.82, 2.24) is 9.55 Å². The Morgan fingerprint density at radius 3 is 2.93 bits per heavy atom. The molecule has 4 heteroatoms. The van der Waals surface area contributed by atoms with Crippen LogP contribution in [0.1, 0.15) is 43.2 Å². The molecule has 0 saturated heterocycles. The van der Waals surface area contributed by atoms with E-state index in [-0.39, 0.29) is 5.54 Å². The molecule has 1 aromatic rings. The second-order valence-electron chi connectivity index (χ2n) is 4.91. The van der Waals surface area contributed by atoms with E-state index in [0.29, 0.717) is 6.04 Å². The van der Waals surface area contributed by atoms with Crippen molar-refractivity contribution in [2.24, 2.45) is 5.73 Å². The molecule has 0 radical (unpaired) electrons. The van der Waals surface area contributed by atoms with Crippen molar-refractivity contribution >= 4 is 15.9 Å². The average Bonchev–Trinajstić information content (AvgIpc) is 2.89. The molecule has 2 heterocycles. The number of hydrogen-bond donors (Lipinski definition) is 1. The number of nitrogens with two attached hydrogens (primary N) is 1. The molecule has 1 aliphatic heterocycles. The zero-order valence-corrected chi connectivity index (χ0v) is 10.5. The molecule has 1 unspecified atom stereocenters. The van der Waals surface area contributed by atoms with E-state index in [0.717, 1.165) is 16.8 Å². The van der Waals surface area contributed by atoms with E-state index in [1.807, 2.05) is 0 Å². The van der Waals surface area contributed by atoms with Crippen LogP contribution in [0.3, 0.4) is 0 Å². The molecule has 0 amide bonds. The number of fused-ring (bicyclic) bond motifs is 1. The van der Waals surface area contributed by atoms with Crippen molar-refractivity contribution in [3.8, 4) is 0 Å². The first-order valence-electron chi connectivity index (χ1n) is 5.64. The van der Waals surface area contributed by atoms with Crippen LogP contribution in [0.2, 0.25) is 0 Å². The van der Waals surface area contributed by atoms with E-state index in [1.165, 1.54) is 31.4 Å². The lowest BCUT2D eigenvalue weighted by Crippen LogP contribution is -2.37. The molecule has 3 nitrogen and oxygen atoms in total. The lowest BCUT2D eigenvalue weighted by molar-refractivity contribution is 0.321. The van der Waals surface area contributed by atoms with Gasteiger partial charge in [0, 0.05) is 5.54 Å². The van der Waals surface area contributed by atoms with Gasteiger partial charge in [-0.15, -0.1) is 0 Å². The van der Waals surface area contributed by atoms with Crippen molar-refractivity contribution < 1.29 is 0 Å². The van der Waals surface area contributed by atoms with E-state index in [9.17, 15) is 0 Å². The van der Waals surface area contributed by atoms with Crippen molar-refractivity contribution in [3.05, 3.63) is 16.1 Å². The van der Waals surface area contributed by atoms with Gasteiger partial charge in [-0.2, -0.15) is 0 Å². The van der Waals surface area contributed by atoms with Crippen LogP contribution in [-0.4, -0.2) is 15.1 Å². The van der Waals surface area contributed by atoms with Crippen molar-refractivity contribution in [1.29, 1.82) is 0 Å². The van der Waals surface area contributed by atoms with E-state index >= 15 is 0 Å². The van der Waals surface area contributed by atoms with Gasteiger partial charge in [-0.1, -0.05) is 0 Å². The van der Waals surface area contributed by atoms with Crippen molar-refractivity contribution in [2.45, 2.75) is 50.6 Å². The van der Waals surface area contributed by atoms with Crippen LogP contribution in [0.25, 0.3) is 0 Å². The van der Waals surface area contributed by atoms with Crippen LogP contribution in [0.5, 0.6) is 0 Å². The van der Waals surface area contributed by atoms with E-state index < -0.39 is 0 Å². The molecule has 0 bridgehead atoms. The SMILES string of the molecule is Cc1nc(Br)c2n1C(C1(N)CC1)CCC2. The Hall–Kier alpha value is -0.350. The number of nitrogens with zero attached hydrogens (tertiary/aromatic N) is 2. The van der Waals surface area contributed by atoms with Gasteiger partial charge >= 0.3 is 0 Å². The summed E-state index contributed by atoms with van der Waals surface area (Å²) in [4.78, 5) is 4.51. The molecular formula is C11H16BrN3. The highest BCUT2D eigenvalue weighted by atomic mass is 79.9. The Bertz CT molecular complexity index is 406. The molecule has 1 fully saturated rings. The number of halogens is 1. The monoisotopic (exact) mass is 269 g/mol. The molecule has 3 rings (SSSR count). The fourth-order valence-electron chi connectivity index (χ4n) is 2.81. The third-order valence-electron chi connectivity index (χ3n) is 3.83. The summed E-state index contributed by atoms with van der Waals surface area (Å²) in [6.07, 6.45) is 5.94. The van der Waals surface area contributed by atoms with Gasteiger partial charge in [0.05, 0.1) is 11.7 Å². The summed E-state index contributed by atoms with van der Waals surface area (Å²) in [5.41, 5.74) is 7.77. The maximum Gasteiger partial charge on any atom is 0.127 e. The largest absolute Gasteiger partial charge is 0.326 e. The predicted octanol–water partition coefficient (Wildman–Crippen LogP) is 2.32. The maximum absolute atomic E-state index is 6.35. The molecule has 0 aromatic carbocycles. The van der Waals surface area contributed by atoms with Gasteiger partial charge in [-0.25, -0.2) is 4.98 Å². The van der Waals surface area contributed by atoms with Crippen LogP contribution in [0.4, 0.5) is 0 Å². The average molecular weight is 270 g/mol. The zero-order valence-electron chi connectivity index (χ0n) is 8.96. The lowest BCUT2D eigenvalue weighted by Gasteiger charge is -2.31. The van der Waals surface area contributed by atoms with E-state index in [1.54, 1.807) is 0 Å². The van der Waals surface area contributed by atoms with Crippen LogP contribution in [-0.2, 0) is 6.42 Å². The van der Waals surface area contributed by atoms with E-state index in [4.69, 9.17) is 5.73 Å². The summed E-state index contributed by atoms with van der Waals surface area (Å²) in [7, 11) is 0. The minimum Gasteiger partial charge on any atom is -0.326 e. The molecular weight excluding hydrogens is 254 g/mol.